The fraction of sp³-hybridized carbons (Fsp3) is 0.833. The van der Waals surface area contributed by atoms with Gasteiger partial charge in [0.1, 0.15) is 0 Å². The molecule has 0 aromatic rings. The van der Waals surface area contributed by atoms with Crippen LogP contribution in [0, 0.1) is 5.92 Å². The predicted molar refractivity (Wildman–Crippen MR) is 41.1 cm³/mol. The van der Waals surface area contributed by atoms with Gasteiger partial charge in [-0.2, -0.15) is 0 Å². The maximum atomic E-state index is 10.2. The predicted octanol–water partition coefficient (Wildman–Crippen LogP) is 1.04. The Morgan fingerprint density at radius 3 is 2.80 bits per heavy atom. The molecule has 0 rings (SSSR count). The number of thioether (sulfide) groups is 1. The van der Waals surface area contributed by atoms with Gasteiger partial charge in [0, 0.05) is 0 Å². The molecule has 0 spiro atoms. The van der Waals surface area contributed by atoms with Crippen LogP contribution in [0.2, 0.25) is 0 Å². The molecule has 0 amide bonds. The minimum absolute atomic E-state index is 0.302. The zero-order chi connectivity index (χ0) is 7.98. The lowest BCUT2D eigenvalue weighted by Crippen LogP contribution is -2.15. The lowest BCUT2D eigenvalue weighted by Gasteiger charge is -2.04. The lowest BCUT2D eigenvalue weighted by atomic mass is 10.2. The van der Waals surface area contributed by atoms with Crippen molar-refractivity contribution in [3.8, 4) is 0 Å². The standard InChI is InChI=1S/C6H12O3S/c1-5(6(7)8)3-9-4-10-2/h5H,3-4H2,1-2H3,(H,7,8). The molecule has 0 aliphatic rings. The molecule has 1 unspecified atom stereocenters. The fourth-order valence-corrected chi connectivity index (χ4v) is 0.642. The summed E-state index contributed by atoms with van der Waals surface area (Å²) in [5, 5.41) is 8.39. The summed E-state index contributed by atoms with van der Waals surface area (Å²) in [5.74, 6) is -0.634. The first kappa shape index (κ1) is 9.78. The lowest BCUT2D eigenvalue weighted by molar-refractivity contribution is -0.142. The van der Waals surface area contributed by atoms with Crippen LogP contribution < -0.4 is 0 Å². The third kappa shape index (κ3) is 4.64. The van der Waals surface area contributed by atoms with Gasteiger partial charge in [0.25, 0.3) is 0 Å². The van der Waals surface area contributed by atoms with Crippen molar-refractivity contribution in [2.75, 3.05) is 18.8 Å². The number of carbonyl (C=O) groups is 1. The highest BCUT2D eigenvalue weighted by molar-refractivity contribution is 7.98. The van der Waals surface area contributed by atoms with Crippen molar-refractivity contribution >= 4 is 17.7 Å². The van der Waals surface area contributed by atoms with Crippen LogP contribution in [-0.4, -0.2) is 29.9 Å². The quantitative estimate of drug-likeness (QED) is 0.487. The molecule has 0 saturated carbocycles. The van der Waals surface area contributed by atoms with E-state index in [-0.39, 0.29) is 0 Å². The molecule has 0 heterocycles. The van der Waals surface area contributed by atoms with Crippen molar-refractivity contribution in [3.63, 3.8) is 0 Å². The molecule has 0 saturated heterocycles. The summed E-state index contributed by atoms with van der Waals surface area (Å²) < 4.78 is 4.99. The highest BCUT2D eigenvalue weighted by Crippen LogP contribution is 1.98. The maximum absolute atomic E-state index is 10.2. The molecule has 60 valence electrons. The van der Waals surface area contributed by atoms with Crippen molar-refractivity contribution in [1.82, 2.24) is 0 Å². The Labute approximate surface area is 64.8 Å². The van der Waals surface area contributed by atoms with Gasteiger partial charge in [0.15, 0.2) is 0 Å². The van der Waals surface area contributed by atoms with Crippen molar-refractivity contribution < 1.29 is 14.6 Å². The van der Waals surface area contributed by atoms with Crippen LogP contribution in [-0.2, 0) is 9.53 Å². The Morgan fingerprint density at radius 2 is 2.40 bits per heavy atom. The van der Waals surface area contributed by atoms with Gasteiger partial charge in [0.05, 0.1) is 18.5 Å². The van der Waals surface area contributed by atoms with Crippen LogP contribution in [0.15, 0.2) is 0 Å². The molecule has 0 fully saturated rings. The number of hydrogen-bond donors (Lipinski definition) is 1. The topological polar surface area (TPSA) is 46.5 Å². The zero-order valence-corrected chi connectivity index (χ0v) is 6.98. The second kappa shape index (κ2) is 5.56. The molecular weight excluding hydrogens is 152 g/mol. The molecule has 0 radical (unpaired) electrons. The summed E-state index contributed by atoms with van der Waals surface area (Å²) in [4.78, 5) is 10.2. The molecule has 10 heavy (non-hydrogen) atoms. The molecule has 3 nitrogen and oxygen atoms in total. The van der Waals surface area contributed by atoms with Crippen molar-refractivity contribution in [3.05, 3.63) is 0 Å². The van der Waals surface area contributed by atoms with E-state index in [1.807, 2.05) is 6.26 Å². The monoisotopic (exact) mass is 164 g/mol. The van der Waals surface area contributed by atoms with E-state index in [1.165, 1.54) is 0 Å². The number of hydrogen-bond acceptors (Lipinski definition) is 3. The highest BCUT2D eigenvalue weighted by atomic mass is 32.2. The first-order valence-electron chi connectivity index (χ1n) is 2.98. The van der Waals surface area contributed by atoms with Crippen molar-refractivity contribution in [2.45, 2.75) is 6.92 Å². The summed E-state index contributed by atoms with van der Waals surface area (Å²) in [6, 6.07) is 0. The van der Waals surface area contributed by atoms with Crippen molar-refractivity contribution in [1.29, 1.82) is 0 Å². The van der Waals surface area contributed by atoms with Gasteiger partial charge in [0.2, 0.25) is 0 Å². The smallest absolute Gasteiger partial charge is 0.308 e. The van der Waals surface area contributed by atoms with Crippen LogP contribution in [0.1, 0.15) is 6.92 Å². The molecule has 0 aliphatic heterocycles. The summed E-state index contributed by atoms with van der Waals surface area (Å²) >= 11 is 1.54. The van der Waals surface area contributed by atoms with Gasteiger partial charge in [-0.25, -0.2) is 0 Å². The van der Waals surface area contributed by atoms with Gasteiger partial charge >= 0.3 is 5.97 Å². The Kier molecular flexibility index (Phi) is 5.43. The number of carboxylic acid groups (broad SMARTS) is 1. The van der Waals surface area contributed by atoms with Gasteiger partial charge in [-0.15, -0.1) is 11.8 Å². The molecule has 1 atom stereocenters. The van der Waals surface area contributed by atoms with Crippen molar-refractivity contribution in [2.24, 2.45) is 5.92 Å². The molecule has 0 aliphatic carbocycles. The summed E-state index contributed by atoms with van der Waals surface area (Å²) in [7, 11) is 0. The minimum atomic E-state index is -0.805. The SMILES string of the molecule is CSCOCC(C)C(=O)O. The van der Waals surface area contributed by atoms with Gasteiger partial charge in [-0.05, 0) is 13.2 Å². The molecule has 1 N–H and O–H groups in total. The van der Waals surface area contributed by atoms with E-state index in [0.29, 0.717) is 12.5 Å². The normalized spacial score (nSPS) is 13.0. The van der Waals surface area contributed by atoms with Gasteiger partial charge in [-0.3, -0.25) is 4.79 Å². The molecule has 0 aromatic heterocycles. The van der Waals surface area contributed by atoms with E-state index >= 15 is 0 Å². The van der Waals surface area contributed by atoms with Crippen LogP contribution in [0.3, 0.4) is 0 Å². The summed E-state index contributed by atoms with van der Waals surface area (Å²) in [5.41, 5.74) is 0. The summed E-state index contributed by atoms with van der Waals surface area (Å²) in [6.07, 6.45) is 1.91. The van der Waals surface area contributed by atoms with E-state index in [2.05, 4.69) is 0 Å². The van der Waals surface area contributed by atoms with E-state index in [9.17, 15) is 4.79 Å². The maximum Gasteiger partial charge on any atom is 0.308 e. The van der Waals surface area contributed by atoms with Crippen LogP contribution >= 0.6 is 11.8 Å². The Balaban J connectivity index is 3.21. The van der Waals surface area contributed by atoms with E-state index in [4.69, 9.17) is 9.84 Å². The number of ether oxygens (including phenoxy) is 1. The first-order valence-corrected chi connectivity index (χ1v) is 4.37. The molecule has 0 bridgehead atoms. The average molecular weight is 164 g/mol. The second-order valence-corrected chi connectivity index (χ2v) is 2.83. The highest BCUT2D eigenvalue weighted by Gasteiger charge is 2.09. The second-order valence-electron chi connectivity index (χ2n) is 2.02. The fourth-order valence-electron chi connectivity index (χ4n) is 0.380. The van der Waals surface area contributed by atoms with E-state index in [1.54, 1.807) is 18.7 Å². The Hall–Kier alpha value is -0.220. The molecule has 4 heteroatoms. The largest absolute Gasteiger partial charge is 0.481 e. The third-order valence-electron chi connectivity index (χ3n) is 0.991. The van der Waals surface area contributed by atoms with E-state index < -0.39 is 11.9 Å². The Bertz CT molecular complexity index is 105. The number of rotatable bonds is 5. The molecular formula is C6H12O3S. The minimum Gasteiger partial charge on any atom is -0.481 e. The van der Waals surface area contributed by atoms with E-state index in [0.717, 1.165) is 0 Å². The average Bonchev–Trinajstić information content (AvgIpc) is 1.88. The van der Waals surface area contributed by atoms with Crippen LogP contribution in [0.25, 0.3) is 0 Å². The Morgan fingerprint density at radius 1 is 1.80 bits per heavy atom. The van der Waals surface area contributed by atoms with Crippen LogP contribution in [0.5, 0.6) is 0 Å². The van der Waals surface area contributed by atoms with Crippen LogP contribution in [0.4, 0.5) is 0 Å². The molecule has 0 aromatic carbocycles. The van der Waals surface area contributed by atoms with Gasteiger partial charge in [-0.1, -0.05) is 0 Å². The third-order valence-corrected chi connectivity index (χ3v) is 1.39. The zero-order valence-electron chi connectivity index (χ0n) is 6.16. The number of carboxylic acids is 1. The first-order chi connectivity index (χ1) is 4.68. The van der Waals surface area contributed by atoms with Gasteiger partial charge < -0.3 is 9.84 Å². The summed E-state index contributed by atoms with van der Waals surface area (Å²) in [6.45, 7) is 1.93. The number of aliphatic carboxylic acids is 1.